The van der Waals surface area contributed by atoms with Crippen molar-refractivity contribution in [3.63, 3.8) is 0 Å². The van der Waals surface area contributed by atoms with Crippen molar-refractivity contribution in [2.24, 2.45) is 0 Å². The van der Waals surface area contributed by atoms with E-state index in [4.69, 9.17) is 4.42 Å². The highest BCUT2D eigenvalue weighted by molar-refractivity contribution is 5.96. The largest absolute Gasteiger partial charge is 0.422 e. The molecule has 1 aliphatic rings. The first-order valence-corrected chi connectivity index (χ1v) is 7.32. The fourth-order valence-electron chi connectivity index (χ4n) is 2.82. The Kier molecular flexibility index (Phi) is 3.15. The maximum atomic E-state index is 12.7. The highest BCUT2D eigenvalue weighted by Crippen LogP contribution is 2.19. The number of hydrogen-bond donors (Lipinski definition) is 0. The molecule has 1 amide bonds. The van der Waals surface area contributed by atoms with Gasteiger partial charge in [-0.05, 0) is 12.1 Å². The molecule has 2 aromatic heterocycles. The number of nitrogens with zero attached hydrogens (tertiary/aromatic N) is 3. The van der Waals surface area contributed by atoms with Gasteiger partial charge in [-0.3, -0.25) is 4.79 Å². The van der Waals surface area contributed by atoms with Crippen LogP contribution >= 0.6 is 0 Å². The first kappa shape index (κ1) is 13.6. The molecule has 0 saturated carbocycles. The number of carbonyl (C=O) groups excluding carboxylic acids is 1. The summed E-state index contributed by atoms with van der Waals surface area (Å²) < 4.78 is 5.25. The third-order valence-electron chi connectivity index (χ3n) is 4.02. The van der Waals surface area contributed by atoms with Gasteiger partial charge in [0.25, 0.3) is 5.91 Å². The molecule has 6 heteroatoms. The Bertz CT molecular complexity index is 964. The summed E-state index contributed by atoms with van der Waals surface area (Å²) in [5.74, 6) is -0.320. The van der Waals surface area contributed by atoms with Crippen LogP contribution in [0.3, 0.4) is 0 Å². The molecule has 114 valence electrons. The predicted octanol–water partition coefficient (Wildman–Crippen LogP) is 1.78. The number of carbonyl (C=O) groups is 1. The van der Waals surface area contributed by atoms with Crippen LogP contribution in [0.15, 0.2) is 52.1 Å². The molecule has 0 saturated heterocycles. The van der Waals surface area contributed by atoms with Crippen LogP contribution < -0.4 is 5.63 Å². The molecule has 0 aliphatic carbocycles. The van der Waals surface area contributed by atoms with Crippen LogP contribution in [-0.2, 0) is 13.0 Å². The molecule has 1 aromatic carbocycles. The second-order valence-corrected chi connectivity index (χ2v) is 5.46. The molecule has 3 aromatic rings. The second kappa shape index (κ2) is 5.31. The second-order valence-electron chi connectivity index (χ2n) is 5.46. The average molecular weight is 307 g/mol. The lowest BCUT2D eigenvalue weighted by atomic mass is 10.1. The van der Waals surface area contributed by atoms with Crippen LogP contribution in [-0.4, -0.2) is 27.3 Å². The fourth-order valence-corrected chi connectivity index (χ4v) is 2.82. The summed E-state index contributed by atoms with van der Waals surface area (Å²) in [5.41, 5.74) is 1.80. The van der Waals surface area contributed by atoms with E-state index in [1.807, 2.05) is 12.1 Å². The fraction of sp³-hybridized carbons (Fsp3) is 0.176. The van der Waals surface area contributed by atoms with E-state index < -0.39 is 5.63 Å². The highest BCUT2D eigenvalue weighted by Gasteiger charge is 2.25. The van der Waals surface area contributed by atoms with E-state index in [-0.39, 0.29) is 11.5 Å². The molecule has 23 heavy (non-hydrogen) atoms. The average Bonchev–Trinajstić information content (AvgIpc) is 2.60. The summed E-state index contributed by atoms with van der Waals surface area (Å²) in [7, 11) is 0. The van der Waals surface area contributed by atoms with E-state index in [0.717, 1.165) is 16.6 Å². The van der Waals surface area contributed by atoms with Crippen molar-refractivity contribution in [2.75, 3.05) is 6.54 Å². The number of para-hydroxylation sites is 1. The molecule has 0 atom stereocenters. The SMILES string of the molecule is O=C(c1cc2ccccc2oc1=O)N1CCc2ncncc2C1. The quantitative estimate of drug-likeness (QED) is 0.641. The Morgan fingerprint density at radius 2 is 2.13 bits per heavy atom. The number of aromatic nitrogens is 2. The van der Waals surface area contributed by atoms with Gasteiger partial charge in [-0.2, -0.15) is 0 Å². The number of benzene rings is 1. The van der Waals surface area contributed by atoms with Crippen molar-refractivity contribution in [3.05, 3.63) is 70.1 Å². The number of amides is 1. The van der Waals surface area contributed by atoms with Gasteiger partial charge in [0.1, 0.15) is 17.5 Å². The maximum Gasteiger partial charge on any atom is 0.349 e. The monoisotopic (exact) mass is 307 g/mol. The Hall–Kier alpha value is -3.02. The van der Waals surface area contributed by atoms with E-state index in [0.29, 0.717) is 25.1 Å². The zero-order chi connectivity index (χ0) is 15.8. The molecule has 6 nitrogen and oxygen atoms in total. The third-order valence-corrected chi connectivity index (χ3v) is 4.02. The van der Waals surface area contributed by atoms with E-state index in [1.165, 1.54) is 6.33 Å². The number of fused-ring (bicyclic) bond motifs is 2. The maximum absolute atomic E-state index is 12.7. The van der Waals surface area contributed by atoms with Crippen LogP contribution in [0.5, 0.6) is 0 Å². The molecular weight excluding hydrogens is 294 g/mol. The number of hydrogen-bond acceptors (Lipinski definition) is 5. The Labute approximate surface area is 131 Å². The van der Waals surface area contributed by atoms with Crippen LogP contribution in [0.25, 0.3) is 11.0 Å². The van der Waals surface area contributed by atoms with Gasteiger partial charge in [-0.15, -0.1) is 0 Å². The topological polar surface area (TPSA) is 76.3 Å². The van der Waals surface area contributed by atoms with Crippen molar-refractivity contribution in [1.29, 1.82) is 0 Å². The van der Waals surface area contributed by atoms with E-state index >= 15 is 0 Å². The molecule has 0 unspecified atom stereocenters. The first-order valence-electron chi connectivity index (χ1n) is 7.32. The lowest BCUT2D eigenvalue weighted by molar-refractivity contribution is 0.0729. The van der Waals surface area contributed by atoms with E-state index in [2.05, 4.69) is 9.97 Å². The lowest BCUT2D eigenvalue weighted by Gasteiger charge is -2.27. The van der Waals surface area contributed by atoms with Crippen molar-refractivity contribution < 1.29 is 9.21 Å². The van der Waals surface area contributed by atoms with Crippen LogP contribution in [0.1, 0.15) is 21.6 Å². The zero-order valence-electron chi connectivity index (χ0n) is 12.2. The van der Waals surface area contributed by atoms with Crippen molar-refractivity contribution in [3.8, 4) is 0 Å². The minimum atomic E-state index is -0.608. The van der Waals surface area contributed by atoms with Crippen molar-refractivity contribution >= 4 is 16.9 Å². The summed E-state index contributed by atoms with van der Waals surface area (Å²) in [6.45, 7) is 0.927. The smallest absolute Gasteiger partial charge is 0.349 e. The van der Waals surface area contributed by atoms with Gasteiger partial charge in [0.2, 0.25) is 0 Å². The molecule has 0 N–H and O–H groups in total. The normalized spacial score (nSPS) is 13.8. The van der Waals surface area contributed by atoms with Gasteiger partial charge in [-0.25, -0.2) is 14.8 Å². The van der Waals surface area contributed by atoms with Crippen LogP contribution in [0.4, 0.5) is 0 Å². The zero-order valence-corrected chi connectivity index (χ0v) is 12.2. The van der Waals surface area contributed by atoms with Crippen molar-refractivity contribution in [2.45, 2.75) is 13.0 Å². The van der Waals surface area contributed by atoms with Crippen LogP contribution in [0.2, 0.25) is 0 Å². The van der Waals surface area contributed by atoms with Gasteiger partial charge in [0.15, 0.2) is 0 Å². The molecule has 1 aliphatic heterocycles. The summed E-state index contributed by atoms with van der Waals surface area (Å²) in [6.07, 6.45) is 3.88. The minimum Gasteiger partial charge on any atom is -0.422 e. The Morgan fingerprint density at radius 3 is 3.04 bits per heavy atom. The first-order chi connectivity index (χ1) is 11.2. The predicted molar refractivity (Wildman–Crippen MR) is 83.0 cm³/mol. The van der Waals surface area contributed by atoms with E-state index in [1.54, 1.807) is 29.3 Å². The third kappa shape index (κ3) is 2.38. The molecule has 3 heterocycles. The van der Waals surface area contributed by atoms with Gasteiger partial charge in [-0.1, -0.05) is 18.2 Å². The van der Waals surface area contributed by atoms with E-state index in [9.17, 15) is 9.59 Å². The molecule has 4 rings (SSSR count). The lowest BCUT2D eigenvalue weighted by Crippen LogP contribution is -2.38. The molecule has 0 radical (unpaired) electrons. The Balaban J connectivity index is 1.70. The summed E-state index contributed by atoms with van der Waals surface area (Å²) >= 11 is 0. The molecule has 0 spiro atoms. The van der Waals surface area contributed by atoms with Crippen molar-refractivity contribution in [1.82, 2.24) is 14.9 Å². The summed E-state index contributed by atoms with van der Waals surface area (Å²) in [6, 6.07) is 8.74. The minimum absolute atomic E-state index is 0.0593. The molecular formula is C17H13N3O3. The Morgan fingerprint density at radius 1 is 1.26 bits per heavy atom. The van der Waals surface area contributed by atoms with Gasteiger partial charge in [0, 0.05) is 36.7 Å². The summed E-state index contributed by atoms with van der Waals surface area (Å²) in [5, 5.41) is 0.733. The van der Waals surface area contributed by atoms with Gasteiger partial charge in [0.05, 0.1) is 5.69 Å². The molecule has 0 bridgehead atoms. The standard InChI is InChI=1S/C17H13N3O3/c21-16(20-6-5-14-12(9-20)8-18-10-19-14)13-7-11-3-1-2-4-15(11)23-17(13)22/h1-4,7-8,10H,5-6,9H2. The van der Waals surface area contributed by atoms with Gasteiger partial charge >= 0.3 is 5.63 Å². The van der Waals surface area contributed by atoms with Gasteiger partial charge < -0.3 is 9.32 Å². The number of rotatable bonds is 1. The summed E-state index contributed by atoms with van der Waals surface area (Å²) in [4.78, 5) is 34.7. The highest BCUT2D eigenvalue weighted by atomic mass is 16.4. The van der Waals surface area contributed by atoms with Crippen LogP contribution in [0, 0.1) is 0 Å². The molecule has 0 fully saturated rings.